The first-order chi connectivity index (χ1) is 17.0. The lowest BCUT2D eigenvalue weighted by atomic mass is 10.0. The van der Waals surface area contributed by atoms with Crippen LogP contribution in [0.4, 0.5) is 5.69 Å². The number of nitrogens with zero attached hydrogens (tertiary/aromatic N) is 2. The SMILES string of the molecule is CC[C@@H]1CC(c2ccc(OC)nc2)=CN1C(=O)c1cc(C)c(O[Si](C(C)C)(C(C)C)C(C)C)cc1N. The Bertz CT molecular complexity index is 1090. The molecule has 0 bridgehead atoms. The van der Waals surface area contributed by atoms with Crippen LogP contribution in [-0.2, 0) is 0 Å². The van der Waals surface area contributed by atoms with Gasteiger partial charge in [-0.2, -0.15) is 0 Å². The third-order valence-electron chi connectivity index (χ3n) is 7.74. The van der Waals surface area contributed by atoms with E-state index >= 15 is 0 Å². The molecule has 1 atom stereocenters. The maximum absolute atomic E-state index is 13.7. The molecule has 7 heteroatoms. The second-order valence-electron chi connectivity index (χ2n) is 10.8. The van der Waals surface area contributed by atoms with Crippen molar-refractivity contribution in [2.75, 3.05) is 12.8 Å². The topological polar surface area (TPSA) is 77.7 Å². The molecule has 1 aliphatic rings. The number of hydrogen-bond donors (Lipinski definition) is 1. The summed E-state index contributed by atoms with van der Waals surface area (Å²) < 4.78 is 12.1. The first-order valence-corrected chi connectivity index (χ1v) is 15.2. The number of carbonyl (C=O) groups excluding carboxylic acids is 1. The largest absolute Gasteiger partial charge is 0.542 e. The van der Waals surface area contributed by atoms with E-state index in [1.807, 2.05) is 42.3 Å². The molecule has 1 aliphatic heterocycles. The summed E-state index contributed by atoms with van der Waals surface area (Å²) in [5, 5.41) is 0. The van der Waals surface area contributed by atoms with Crippen molar-refractivity contribution in [3.8, 4) is 11.6 Å². The average molecular weight is 510 g/mol. The van der Waals surface area contributed by atoms with Crippen LogP contribution in [0.5, 0.6) is 11.6 Å². The molecule has 196 valence electrons. The van der Waals surface area contributed by atoms with Crippen LogP contribution >= 0.6 is 0 Å². The van der Waals surface area contributed by atoms with Gasteiger partial charge in [-0.15, -0.1) is 0 Å². The first-order valence-electron chi connectivity index (χ1n) is 13.1. The molecule has 1 aromatic heterocycles. The Kier molecular flexibility index (Phi) is 8.54. The quantitative estimate of drug-likeness (QED) is 0.286. The maximum Gasteiger partial charge on any atom is 0.260 e. The zero-order valence-electron chi connectivity index (χ0n) is 23.4. The molecule has 1 aromatic carbocycles. The number of nitrogens with two attached hydrogens (primary N) is 1. The highest BCUT2D eigenvalue weighted by molar-refractivity contribution is 6.78. The van der Waals surface area contributed by atoms with E-state index in [0.29, 0.717) is 33.8 Å². The van der Waals surface area contributed by atoms with Gasteiger partial charge in [-0.3, -0.25) is 4.79 Å². The van der Waals surface area contributed by atoms with Crippen LogP contribution in [0.25, 0.3) is 5.57 Å². The molecular weight excluding hydrogens is 466 g/mol. The van der Waals surface area contributed by atoms with Crippen LogP contribution in [0.3, 0.4) is 0 Å². The molecule has 0 saturated carbocycles. The Hall–Kier alpha value is -2.80. The predicted octanol–water partition coefficient (Wildman–Crippen LogP) is 7.20. The Morgan fingerprint density at radius 2 is 1.78 bits per heavy atom. The van der Waals surface area contributed by atoms with E-state index in [4.69, 9.17) is 14.9 Å². The van der Waals surface area contributed by atoms with Crippen molar-refractivity contribution in [3.05, 3.63) is 53.4 Å². The van der Waals surface area contributed by atoms with Gasteiger partial charge in [0.05, 0.1) is 12.7 Å². The molecule has 0 spiro atoms. The van der Waals surface area contributed by atoms with Gasteiger partial charge in [0.25, 0.3) is 14.2 Å². The molecule has 3 rings (SSSR count). The molecular formula is C29H43N3O3Si. The van der Waals surface area contributed by atoms with Crippen LogP contribution in [0.1, 0.15) is 82.8 Å². The van der Waals surface area contributed by atoms with E-state index in [1.165, 1.54) is 0 Å². The Balaban J connectivity index is 1.94. The molecule has 0 radical (unpaired) electrons. The van der Waals surface area contributed by atoms with Crippen LogP contribution in [0.15, 0.2) is 36.7 Å². The predicted molar refractivity (Wildman–Crippen MR) is 151 cm³/mol. The number of aryl methyl sites for hydroxylation is 1. The van der Waals surface area contributed by atoms with Crippen molar-refractivity contribution in [2.45, 2.75) is 90.9 Å². The normalized spacial score (nSPS) is 16.2. The van der Waals surface area contributed by atoms with Crippen molar-refractivity contribution in [3.63, 3.8) is 0 Å². The highest BCUT2D eigenvalue weighted by atomic mass is 28.4. The molecule has 2 aromatic rings. The van der Waals surface area contributed by atoms with Crippen molar-refractivity contribution in [1.82, 2.24) is 9.88 Å². The average Bonchev–Trinajstić information content (AvgIpc) is 3.27. The molecule has 2 heterocycles. The standard InChI is InChI=1S/C29H43N3O3Si/c1-10-24-14-23(22-11-12-28(34-9)31-16-22)17-32(24)29(33)25-13-21(8)27(15-26(25)30)35-36(18(2)3,19(4)5)20(6)7/h11-13,15-20,24H,10,14,30H2,1-9H3/t24-/m1/s1. The number of carbonyl (C=O) groups is 1. The fourth-order valence-electron chi connectivity index (χ4n) is 5.81. The van der Waals surface area contributed by atoms with Gasteiger partial charge in [0.1, 0.15) is 5.75 Å². The lowest BCUT2D eigenvalue weighted by Crippen LogP contribution is -2.50. The zero-order valence-corrected chi connectivity index (χ0v) is 24.4. The van der Waals surface area contributed by atoms with Crippen molar-refractivity contribution in [1.29, 1.82) is 0 Å². The van der Waals surface area contributed by atoms with Gasteiger partial charge in [0, 0.05) is 36.3 Å². The summed E-state index contributed by atoms with van der Waals surface area (Å²) in [6, 6.07) is 7.68. The summed E-state index contributed by atoms with van der Waals surface area (Å²) in [5.74, 6) is 1.30. The second kappa shape index (κ2) is 11.1. The van der Waals surface area contributed by atoms with E-state index in [0.717, 1.165) is 35.3 Å². The number of pyridine rings is 1. The molecule has 6 nitrogen and oxygen atoms in total. The Morgan fingerprint density at radius 3 is 2.28 bits per heavy atom. The number of rotatable bonds is 9. The summed E-state index contributed by atoms with van der Waals surface area (Å²) >= 11 is 0. The lowest BCUT2D eigenvalue weighted by molar-refractivity contribution is 0.0783. The monoisotopic (exact) mass is 509 g/mol. The minimum absolute atomic E-state index is 0.0770. The number of anilines is 1. The van der Waals surface area contributed by atoms with Crippen LogP contribution < -0.4 is 14.9 Å². The summed E-state index contributed by atoms with van der Waals surface area (Å²) in [6.07, 6.45) is 5.38. The van der Waals surface area contributed by atoms with E-state index in [-0.39, 0.29) is 11.9 Å². The van der Waals surface area contributed by atoms with E-state index in [9.17, 15) is 4.79 Å². The van der Waals surface area contributed by atoms with Gasteiger partial charge in [-0.1, -0.05) is 48.5 Å². The third-order valence-corrected chi connectivity index (χ3v) is 13.7. The fourth-order valence-corrected chi connectivity index (χ4v) is 11.1. The van der Waals surface area contributed by atoms with Crippen LogP contribution in [0.2, 0.25) is 16.6 Å². The van der Waals surface area contributed by atoms with Gasteiger partial charge in [-0.05, 0) is 65.2 Å². The first kappa shape index (κ1) is 27.8. The highest BCUT2D eigenvalue weighted by Crippen LogP contribution is 2.44. The maximum atomic E-state index is 13.7. The highest BCUT2D eigenvalue weighted by Gasteiger charge is 2.47. The molecule has 36 heavy (non-hydrogen) atoms. The number of benzene rings is 1. The van der Waals surface area contributed by atoms with Gasteiger partial charge >= 0.3 is 0 Å². The van der Waals surface area contributed by atoms with E-state index in [1.54, 1.807) is 13.3 Å². The summed E-state index contributed by atoms with van der Waals surface area (Å²) in [7, 11) is -0.538. The molecule has 2 N–H and O–H groups in total. The molecule has 0 unspecified atom stereocenters. The third kappa shape index (κ3) is 5.17. The van der Waals surface area contributed by atoms with Gasteiger partial charge in [0.15, 0.2) is 0 Å². The fraction of sp³-hybridized carbons (Fsp3) is 0.517. The van der Waals surface area contributed by atoms with E-state index < -0.39 is 8.32 Å². The summed E-state index contributed by atoms with van der Waals surface area (Å²) in [4.78, 5) is 19.9. The Morgan fingerprint density at radius 1 is 1.14 bits per heavy atom. The van der Waals surface area contributed by atoms with Crippen molar-refractivity contribution in [2.24, 2.45) is 0 Å². The summed E-state index contributed by atoms with van der Waals surface area (Å²) in [5.41, 5.74) is 11.9. The Labute approximate surface area is 218 Å². The smallest absolute Gasteiger partial charge is 0.260 e. The minimum atomic E-state index is -2.14. The van der Waals surface area contributed by atoms with Gasteiger partial charge in [0.2, 0.25) is 5.88 Å². The molecule has 1 amide bonds. The lowest BCUT2D eigenvalue weighted by Gasteiger charge is -2.42. The number of hydrogen-bond acceptors (Lipinski definition) is 5. The zero-order chi connectivity index (χ0) is 26.8. The molecule has 0 saturated heterocycles. The van der Waals surface area contributed by atoms with Gasteiger partial charge < -0.3 is 19.8 Å². The van der Waals surface area contributed by atoms with Gasteiger partial charge in [-0.25, -0.2) is 4.98 Å². The number of ether oxygens (including phenoxy) is 1. The van der Waals surface area contributed by atoms with E-state index in [2.05, 4.69) is 53.5 Å². The van der Waals surface area contributed by atoms with Crippen LogP contribution in [-0.4, -0.2) is 37.3 Å². The summed E-state index contributed by atoms with van der Waals surface area (Å²) in [6.45, 7) is 17.7. The number of amides is 1. The molecule has 0 fully saturated rings. The molecule has 0 aliphatic carbocycles. The number of nitrogen functional groups attached to an aromatic ring is 1. The van der Waals surface area contributed by atoms with Crippen molar-refractivity contribution < 1.29 is 14.0 Å². The number of aromatic nitrogens is 1. The number of methoxy groups -OCH3 is 1. The minimum Gasteiger partial charge on any atom is -0.542 e. The van der Waals surface area contributed by atoms with Crippen molar-refractivity contribution >= 4 is 25.5 Å². The van der Waals surface area contributed by atoms with Crippen LogP contribution in [0, 0.1) is 6.92 Å². The second-order valence-corrected chi connectivity index (χ2v) is 16.2.